The van der Waals surface area contributed by atoms with E-state index >= 15 is 0 Å². The first-order valence-electron chi connectivity index (χ1n) is 7.79. The zero-order valence-electron chi connectivity index (χ0n) is 14.0. The molecule has 25 heavy (non-hydrogen) atoms. The highest BCUT2D eigenvalue weighted by Gasteiger charge is 2.25. The van der Waals surface area contributed by atoms with Crippen LogP contribution in [-0.2, 0) is 4.79 Å². The van der Waals surface area contributed by atoms with Gasteiger partial charge in [0.05, 0.1) is 12.1 Å². The van der Waals surface area contributed by atoms with Crippen LogP contribution in [0.4, 0.5) is 0 Å². The molecule has 2 aromatic rings. The molecule has 0 aliphatic carbocycles. The Labute approximate surface area is 144 Å². The minimum absolute atomic E-state index is 0.0386. The van der Waals surface area contributed by atoms with E-state index in [1.54, 1.807) is 38.1 Å². The standard InChI is InChI=1S/C17H20N4O4/c1-11(2)20(9-8-15(22)23)17(25)13-10-14(16(18)24)21(19-13)12-6-4-3-5-7-12/h3-7,10-11H,8-9H2,1-2H3,(H2,18,24)(H,22,23). The van der Waals surface area contributed by atoms with E-state index in [-0.39, 0.29) is 30.4 Å². The molecule has 0 atom stereocenters. The van der Waals surface area contributed by atoms with E-state index in [0.29, 0.717) is 5.69 Å². The van der Waals surface area contributed by atoms with Crippen molar-refractivity contribution in [3.05, 3.63) is 47.8 Å². The summed E-state index contributed by atoms with van der Waals surface area (Å²) in [6, 6.07) is 9.94. The summed E-state index contributed by atoms with van der Waals surface area (Å²) in [6.07, 6.45) is -0.175. The van der Waals surface area contributed by atoms with Gasteiger partial charge >= 0.3 is 5.97 Å². The van der Waals surface area contributed by atoms with Crippen molar-refractivity contribution in [3.63, 3.8) is 0 Å². The van der Waals surface area contributed by atoms with E-state index in [2.05, 4.69) is 5.10 Å². The Morgan fingerprint density at radius 2 is 1.88 bits per heavy atom. The summed E-state index contributed by atoms with van der Waals surface area (Å²) in [5.74, 6) is -2.16. The molecule has 1 heterocycles. The van der Waals surface area contributed by atoms with Crippen LogP contribution in [0, 0.1) is 0 Å². The molecule has 0 fully saturated rings. The number of primary amides is 1. The van der Waals surface area contributed by atoms with E-state index in [0.717, 1.165) is 0 Å². The summed E-state index contributed by atoms with van der Waals surface area (Å²) < 4.78 is 1.31. The highest BCUT2D eigenvalue weighted by atomic mass is 16.4. The maximum absolute atomic E-state index is 12.7. The fourth-order valence-corrected chi connectivity index (χ4v) is 2.38. The Morgan fingerprint density at radius 3 is 2.40 bits per heavy atom. The van der Waals surface area contributed by atoms with Crippen molar-refractivity contribution in [1.82, 2.24) is 14.7 Å². The number of benzene rings is 1. The van der Waals surface area contributed by atoms with Crippen molar-refractivity contribution in [3.8, 4) is 5.69 Å². The Hall–Kier alpha value is -3.16. The number of amides is 2. The van der Waals surface area contributed by atoms with E-state index < -0.39 is 17.8 Å². The SMILES string of the molecule is CC(C)N(CCC(=O)O)C(=O)c1cc(C(N)=O)n(-c2ccccc2)n1. The second-order valence-corrected chi connectivity index (χ2v) is 5.76. The van der Waals surface area contributed by atoms with Crippen molar-refractivity contribution < 1.29 is 19.5 Å². The highest BCUT2D eigenvalue weighted by Crippen LogP contribution is 2.15. The van der Waals surface area contributed by atoms with Crippen LogP contribution in [0.5, 0.6) is 0 Å². The lowest BCUT2D eigenvalue weighted by atomic mass is 10.2. The predicted molar refractivity (Wildman–Crippen MR) is 90.5 cm³/mol. The third-order valence-corrected chi connectivity index (χ3v) is 3.63. The van der Waals surface area contributed by atoms with Crippen LogP contribution in [0.3, 0.4) is 0 Å². The first kappa shape index (κ1) is 18.2. The lowest BCUT2D eigenvalue weighted by molar-refractivity contribution is -0.137. The number of aromatic nitrogens is 2. The van der Waals surface area contributed by atoms with Crippen molar-refractivity contribution in [2.24, 2.45) is 5.73 Å². The number of aliphatic carboxylic acids is 1. The number of para-hydroxylation sites is 1. The monoisotopic (exact) mass is 344 g/mol. The van der Waals surface area contributed by atoms with E-state index in [1.165, 1.54) is 15.6 Å². The van der Waals surface area contributed by atoms with Gasteiger partial charge < -0.3 is 15.7 Å². The highest BCUT2D eigenvalue weighted by molar-refractivity contribution is 5.97. The maximum atomic E-state index is 12.7. The molecule has 0 aliphatic rings. The molecule has 0 saturated heterocycles. The van der Waals surface area contributed by atoms with Gasteiger partial charge in [-0.25, -0.2) is 4.68 Å². The minimum Gasteiger partial charge on any atom is -0.481 e. The van der Waals surface area contributed by atoms with Gasteiger partial charge in [-0.3, -0.25) is 14.4 Å². The molecular formula is C17H20N4O4. The molecule has 0 aliphatic heterocycles. The summed E-state index contributed by atoms with van der Waals surface area (Å²) in [6.45, 7) is 3.61. The summed E-state index contributed by atoms with van der Waals surface area (Å²) in [7, 11) is 0. The lowest BCUT2D eigenvalue weighted by Gasteiger charge is -2.25. The fourth-order valence-electron chi connectivity index (χ4n) is 2.38. The topological polar surface area (TPSA) is 119 Å². The number of hydrogen-bond acceptors (Lipinski definition) is 4. The van der Waals surface area contributed by atoms with Gasteiger partial charge in [0, 0.05) is 18.7 Å². The van der Waals surface area contributed by atoms with Crippen molar-refractivity contribution in [1.29, 1.82) is 0 Å². The first-order chi connectivity index (χ1) is 11.8. The molecule has 2 rings (SSSR count). The number of carbonyl (C=O) groups excluding carboxylic acids is 2. The third-order valence-electron chi connectivity index (χ3n) is 3.63. The lowest BCUT2D eigenvalue weighted by Crippen LogP contribution is -2.38. The molecule has 8 nitrogen and oxygen atoms in total. The number of nitrogens with zero attached hydrogens (tertiary/aromatic N) is 3. The van der Waals surface area contributed by atoms with Gasteiger partial charge in [-0.15, -0.1) is 0 Å². The number of rotatable bonds is 7. The second kappa shape index (κ2) is 7.61. The van der Waals surface area contributed by atoms with Crippen LogP contribution >= 0.6 is 0 Å². The van der Waals surface area contributed by atoms with Crippen LogP contribution < -0.4 is 5.73 Å². The van der Waals surface area contributed by atoms with Crippen molar-refractivity contribution in [2.75, 3.05) is 6.54 Å². The molecule has 0 radical (unpaired) electrons. The molecule has 1 aromatic heterocycles. The zero-order valence-corrected chi connectivity index (χ0v) is 14.0. The largest absolute Gasteiger partial charge is 0.481 e. The summed E-state index contributed by atoms with van der Waals surface area (Å²) >= 11 is 0. The summed E-state index contributed by atoms with van der Waals surface area (Å²) in [4.78, 5) is 36.6. The molecule has 3 N–H and O–H groups in total. The zero-order chi connectivity index (χ0) is 18.6. The van der Waals surface area contributed by atoms with Crippen molar-refractivity contribution >= 4 is 17.8 Å². The van der Waals surface area contributed by atoms with Gasteiger partial charge in [0.1, 0.15) is 5.69 Å². The normalized spacial score (nSPS) is 10.7. The molecular weight excluding hydrogens is 324 g/mol. The van der Waals surface area contributed by atoms with Crippen LogP contribution in [0.25, 0.3) is 5.69 Å². The van der Waals surface area contributed by atoms with Gasteiger partial charge in [-0.05, 0) is 26.0 Å². The molecule has 132 valence electrons. The molecule has 8 heteroatoms. The van der Waals surface area contributed by atoms with E-state index in [4.69, 9.17) is 10.8 Å². The van der Waals surface area contributed by atoms with E-state index in [9.17, 15) is 14.4 Å². The molecule has 0 bridgehead atoms. The quantitative estimate of drug-likeness (QED) is 0.784. The average Bonchev–Trinajstić information content (AvgIpc) is 3.00. The molecule has 2 amide bonds. The summed E-state index contributed by atoms with van der Waals surface area (Å²) in [5, 5.41) is 13.1. The van der Waals surface area contributed by atoms with Gasteiger partial charge in [0.25, 0.3) is 11.8 Å². The molecule has 0 saturated carbocycles. The maximum Gasteiger partial charge on any atom is 0.305 e. The molecule has 0 unspecified atom stereocenters. The van der Waals surface area contributed by atoms with Gasteiger partial charge in [-0.1, -0.05) is 18.2 Å². The van der Waals surface area contributed by atoms with Crippen LogP contribution in [0.15, 0.2) is 36.4 Å². The number of nitrogens with two attached hydrogens (primary N) is 1. The minimum atomic E-state index is -0.994. The number of carboxylic acids is 1. The van der Waals surface area contributed by atoms with Gasteiger partial charge in [-0.2, -0.15) is 5.10 Å². The van der Waals surface area contributed by atoms with Crippen molar-refractivity contribution in [2.45, 2.75) is 26.3 Å². The average molecular weight is 344 g/mol. The first-order valence-corrected chi connectivity index (χ1v) is 7.79. The third kappa shape index (κ3) is 4.23. The van der Waals surface area contributed by atoms with Crippen LogP contribution in [-0.4, -0.2) is 50.2 Å². The van der Waals surface area contributed by atoms with Gasteiger partial charge in [0.15, 0.2) is 5.69 Å². The van der Waals surface area contributed by atoms with E-state index in [1.807, 2.05) is 6.07 Å². The number of carboxylic acid groups (broad SMARTS) is 1. The Morgan fingerprint density at radius 1 is 1.24 bits per heavy atom. The predicted octanol–water partition coefficient (Wildman–Crippen LogP) is 1.30. The Kier molecular flexibility index (Phi) is 5.53. The molecule has 0 spiro atoms. The van der Waals surface area contributed by atoms with Crippen LogP contribution in [0.1, 0.15) is 41.2 Å². The second-order valence-electron chi connectivity index (χ2n) is 5.76. The number of hydrogen-bond donors (Lipinski definition) is 2. The Balaban J connectivity index is 2.39. The summed E-state index contributed by atoms with van der Waals surface area (Å²) in [5.41, 5.74) is 6.11. The van der Waals surface area contributed by atoms with Gasteiger partial charge in [0.2, 0.25) is 0 Å². The smallest absolute Gasteiger partial charge is 0.305 e. The number of carbonyl (C=O) groups is 3. The fraction of sp³-hybridized carbons (Fsp3) is 0.294. The molecule has 1 aromatic carbocycles. The van der Waals surface area contributed by atoms with Crippen LogP contribution in [0.2, 0.25) is 0 Å². The Bertz CT molecular complexity index is 783.